The van der Waals surface area contributed by atoms with E-state index in [1.54, 1.807) is 48.5 Å². The zero-order valence-corrected chi connectivity index (χ0v) is 20.9. The van der Waals surface area contributed by atoms with Crippen LogP contribution < -0.4 is 20.7 Å². The van der Waals surface area contributed by atoms with E-state index in [0.29, 0.717) is 22.8 Å². The molecule has 0 saturated heterocycles. The van der Waals surface area contributed by atoms with Crippen LogP contribution in [0, 0.1) is 13.8 Å². The van der Waals surface area contributed by atoms with Crippen molar-refractivity contribution in [3.63, 3.8) is 0 Å². The van der Waals surface area contributed by atoms with Gasteiger partial charge < -0.3 is 25.4 Å². The van der Waals surface area contributed by atoms with Gasteiger partial charge in [-0.25, -0.2) is 0 Å². The lowest BCUT2D eigenvalue weighted by atomic mass is 10.1. The first kappa shape index (κ1) is 26.9. The van der Waals surface area contributed by atoms with Gasteiger partial charge in [0.2, 0.25) is 11.8 Å². The van der Waals surface area contributed by atoms with Gasteiger partial charge >= 0.3 is 5.97 Å². The Labute approximate surface area is 215 Å². The van der Waals surface area contributed by atoms with Crippen LogP contribution in [0.15, 0.2) is 66.7 Å². The molecule has 0 unspecified atom stereocenters. The molecule has 0 aliphatic heterocycles. The largest absolute Gasteiger partial charge is 0.457 e. The van der Waals surface area contributed by atoms with Crippen LogP contribution in [0.4, 0.5) is 17.1 Å². The fourth-order valence-electron chi connectivity index (χ4n) is 3.43. The molecule has 3 N–H and O–H groups in total. The summed E-state index contributed by atoms with van der Waals surface area (Å²) in [5.74, 6) is -0.371. The molecule has 0 spiro atoms. The second-order valence-electron chi connectivity index (χ2n) is 8.47. The lowest BCUT2D eigenvalue weighted by molar-refractivity contribution is -0.147. The summed E-state index contributed by atoms with van der Waals surface area (Å²) < 4.78 is 10.8. The molecule has 3 aromatic carbocycles. The zero-order valence-electron chi connectivity index (χ0n) is 20.9. The van der Waals surface area contributed by atoms with Gasteiger partial charge in [0.15, 0.2) is 6.61 Å². The van der Waals surface area contributed by atoms with E-state index in [0.717, 1.165) is 16.9 Å². The highest BCUT2D eigenvalue weighted by Gasteiger charge is 2.11. The number of anilines is 3. The number of carbonyl (C=O) groups excluding carboxylic acids is 4. The molecule has 3 amide bonds. The summed E-state index contributed by atoms with van der Waals surface area (Å²) in [6.07, 6.45) is -0.260. The first-order valence-electron chi connectivity index (χ1n) is 11.7. The van der Waals surface area contributed by atoms with Gasteiger partial charge in [0, 0.05) is 30.4 Å². The van der Waals surface area contributed by atoms with Crippen LogP contribution in [0.2, 0.25) is 0 Å². The topological polar surface area (TPSA) is 123 Å². The van der Waals surface area contributed by atoms with Gasteiger partial charge in [0.1, 0.15) is 11.5 Å². The summed E-state index contributed by atoms with van der Waals surface area (Å²) in [6, 6.07) is 19.3. The average Bonchev–Trinajstić information content (AvgIpc) is 2.83. The first-order valence-corrected chi connectivity index (χ1v) is 11.7. The van der Waals surface area contributed by atoms with E-state index in [4.69, 9.17) is 9.47 Å². The van der Waals surface area contributed by atoms with Crippen molar-refractivity contribution in [1.82, 2.24) is 0 Å². The zero-order chi connectivity index (χ0) is 26.8. The highest BCUT2D eigenvalue weighted by atomic mass is 16.5. The summed E-state index contributed by atoms with van der Waals surface area (Å²) >= 11 is 0. The molecular weight excluding hydrogens is 474 g/mol. The van der Waals surface area contributed by atoms with E-state index in [1.807, 2.05) is 26.0 Å². The van der Waals surface area contributed by atoms with Crippen LogP contribution in [-0.4, -0.2) is 30.3 Å². The number of aryl methyl sites for hydroxylation is 2. The van der Waals surface area contributed by atoms with Crippen molar-refractivity contribution >= 4 is 40.8 Å². The molecule has 192 valence electrons. The second-order valence-corrected chi connectivity index (χ2v) is 8.47. The number of rotatable bonds is 10. The number of nitrogens with one attached hydrogen (secondary N) is 3. The fourth-order valence-corrected chi connectivity index (χ4v) is 3.43. The summed E-state index contributed by atoms with van der Waals surface area (Å²) in [5, 5.41) is 7.91. The Kier molecular flexibility index (Phi) is 9.37. The number of amides is 3. The van der Waals surface area contributed by atoms with Crippen molar-refractivity contribution < 1.29 is 28.7 Å². The Morgan fingerprint density at radius 2 is 1.16 bits per heavy atom. The summed E-state index contributed by atoms with van der Waals surface area (Å²) in [5.41, 5.74) is 3.85. The average molecular weight is 504 g/mol. The Bertz CT molecular complexity index is 1250. The number of hydrogen-bond acceptors (Lipinski definition) is 6. The maximum absolute atomic E-state index is 12.2. The normalized spacial score (nSPS) is 10.2. The SMILES string of the molecule is CC(=O)Nc1ccc(NC(=O)COC(=O)CCC(=O)Nc2ccc(Oc3cc(C)cc(C)c3)cc2)cc1. The van der Waals surface area contributed by atoms with E-state index >= 15 is 0 Å². The Morgan fingerprint density at radius 1 is 0.649 bits per heavy atom. The minimum atomic E-state index is -0.663. The molecule has 3 aromatic rings. The van der Waals surface area contributed by atoms with E-state index in [2.05, 4.69) is 22.0 Å². The van der Waals surface area contributed by atoms with Crippen LogP contribution in [0.1, 0.15) is 30.9 Å². The number of carbonyl (C=O) groups is 4. The molecule has 3 rings (SSSR count). The molecule has 0 atom stereocenters. The molecule has 0 heterocycles. The highest BCUT2D eigenvalue weighted by molar-refractivity contribution is 5.95. The molecule has 0 fully saturated rings. The third kappa shape index (κ3) is 9.48. The summed E-state index contributed by atoms with van der Waals surface area (Å²) in [6.45, 7) is 4.92. The van der Waals surface area contributed by atoms with Gasteiger partial charge in [-0.05, 0) is 85.6 Å². The molecular formula is C28H29N3O6. The molecule has 0 radical (unpaired) electrons. The Balaban J connectivity index is 1.36. The molecule has 0 aliphatic rings. The van der Waals surface area contributed by atoms with Crippen molar-refractivity contribution in [2.75, 3.05) is 22.6 Å². The quantitative estimate of drug-likeness (QED) is 0.336. The minimum absolute atomic E-state index is 0.0914. The molecule has 0 bridgehead atoms. The Hall–Kier alpha value is -4.66. The van der Waals surface area contributed by atoms with Gasteiger partial charge in [-0.2, -0.15) is 0 Å². The number of ether oxygens (including phenoxy) is 2. The van der Waals surface area contributed by atoms with Crippen LogP contribution in [-0.2, 0) is 23.9 Å². The standard InChI is InChI=1S/C28H29N3O6/c1-18-14-19(2)16-25(15-18)37-24-10-8-23(9-11-24)30-26(33)12-13-28(35)36-17-27(34)31-22-6-4-21(5-7-22)29-20(3)32/h4-11,14-16H,12-13,17H2,1-3H3,(H,29,32)(H,30,33)(H,31,34). The van der Waals surface area contributed by atoms with Crippen LogP contribution >= 0.6 is 0 Å². The first-order chi connectivity index (χ1) is 17.7. The van der Waals surface area contributed by atoms with Gasteiger partial charge in [-0.15, -0.1) is 0 Å². The van der Waals surface area contributed by atoms with Gasteiger partial charge in [-0.3, -0.25) is 19.2 Å². The predicted octanol–water partition coefficient (Wildman–Crippen LogP) is 4.95. The lowest BCUT2D eigenvalue weighted by Gasteiger charge is -2.10. The molecule has 0 aliphatic carbocycles. The van der Waals surface area contributed by atoms with Crippen molar-refractivity contribution in [3.05, 3.63) is 77.9 Å². The van der Waals surface area contributed by atoms with E-state index < -0.39 is 18.5 Å². The maximum atomic E-state index is 12.2. The van der Waals surface area contributed by atoms with Crippen LogP contribution in [0.5, 0.6) is 11.5 Å². The summed E-state index contributed by atoms with van der Waals surface area (Å²) in [4.78, 5) is 47.1. The van der Waals surface area contributed by atoms with Crippen LogP contribution in [0.3, 0.4) is 0 Å². The molecule has 9 nitrogen and oxygen atoms in total. The number of benzene rings is 3. The van der Waals surface area contributed by atoms with Gasteiger partial charge in [0.25, 0.3) is 5.91 Å². The third-order valence-corrected chi connectivity index (χ3v) is 4.98. The minimum Gasteiger partial charge on any atom is -0.457 e. The molecule has 9 heteroatoms. The van der Waals surface area contributed by atoms with Crippen molar-refractivity contribution in [2.24, 2.45) is 0 Å². The third-order valence-electron chi connectivity index (χ3n) is 4.98. The molecule has 0 saturated carbocycles. The monoisotopic (exact) mass is 503 g/mol. The number of hydrogen-bond donors (Lipinski definition) is 3. The smallest absolute Gasteiger partial charge is 0.306 e. The number of esters is 1. The highest BCUT2D eigenvalue weighted by Crippen LogP contribution is 2.25. The second kappa shape index (κ2) is 12.9. The van der Waals surface area contributed by atoms with Crippen molar-refractivity contribution in [2.45, 2.75) is 33.6 Å². The van der Waals surface area contributed by atoms with E-state index in [9.17, 15) is 19.2 Å². The molecule has 37 heavy (non-hydrogen) atoms. The fraction of sp³-hybridized carbons (Fsp3) is 0.214. The lowest BCUT2D eigenvalue weighted by Crippen LogP contribution is -2.21. The molecule has 0 aromatic heterocycles. The van der Waals surface area contributed by atoms with Crippen molar-refractivity contribution in [1.29, 1.82) is 0 Å². The van der Waals surface area contributed by atoms with Crippen LogP contribution in [0.25, 0.3) is 0 Å². The summed E-state index contributed by atoms with van der Waals surface area (Å²) in [7, 11) is 0. The van der Waals surface area contributed by atoms with Gasteiger partial charge in [0.05, 0.1) is 6.42 Å². The van der Waals surface area contributed by atoms with Gasteiger partial charge in [-0.1, -0.05) is 6.07 Å². The maximum Gasteiger partial charge on any atom is 0.306 e. The Morgan fingerprint density at radius 3 is 1.73 bits per heavy atom. The predicted molar refractivity (Wildman–Crippen MR) is 141 cm³/mol. The van der Waals surface area contributed by atoms with Crippen molar-refractivity contribution in [3.8, 4) is 11.5 Å². The van der Waals surface area contributed by atoms with E-state index in [-0.39, 0.29) is 24.7 Å². The van der Waals surface area contributed by atoms with E-state index in [1.165, 1.54) is 6.92 Å².